The van der Waals surface area contributed by atoms with Crippen LogP contribution in [-0.4, -0.2) is 52.9 Å². The Morgan fingerprint density at radius 3 is 2.32 bits per heavy atom. The molecule has 0 aliphatic rings. The number of carbonyl (C=O) groups is 2. The molecule has 1 atom stereocenters. The van der Waals surface area contributed by atoms with E-state index in [0.29, 0.717) is 32.4 Å². The van der Waals surface area contributed by atoms with Gasteiger partial charge in [-0.25, -0.2) is 4.79 Å². The molecule has 0 fully saturated rings. The van der Waals surface area contributed by atoms with Crippen LogP contribution in [0.4, 0.5) is 4.79 Å². The van der Waals surface area contributed by atoms with E-state index in [4.69, 9.17) is 10.2 Å². The summed E-state index contributed by atoms with van der Waals surface area (Å²) in [5, 5.41) is 20.3. The summed E-state index contributed by atoms with van der Waals surface area (Å²) in [6.07, 6.45) is 1.75. The van der Waals surface area contributed by atoms with Crippen LogP contribution in [0.3, 0.4) is 0 Å². The van der Waals surface area contributed by atoms with E-state index in [1.54, 1.807) is 11.8 Å². The number of nitrogens with zero attached hydrogens (tertiary/aromatic N) is 1. The van der Waals surface area contributed by atoms with E-state index in [9.17, 15) is 9.59 Å². The van der Waals surface area contributed by atoms with Crippen LogP contribution < -0.4 is 5.32 Å². The van der Waals surface area contributed by atoms with Crippen molar-refractivity contribution < 1.29 is 19.8 Å². The summed E-state index contributed by atoms with van der Waals surface area (Å²) < 4.78 is 0. The SMILES string of the molecule is CC(CCCNC(=O)N(CCCO)C(C)C)C(=O)O. The van der Waals surface area contributed by atoms with Crippen LogP contribution in [0.15, 0.2) is 0 Å². The Hall–Kier alpha value is -1.30. The van der Waals surface area contributed by atoms with Gasteiger partial charge in [-0.3, -0.25) is 4.79 Å². The van der Waals surface area contributed by atoms with Crippen LogP contribution in [0.2, 0.25) is 0 Å². The molecule has 0 saturated heterocycles. The van der Waals surface area contributed by atoms with Crippen molar-refractivity contribution in [3.8, 4) is 0 Å². The topological polar surface area (TPSA) is 89.9 Å². The van der Waals surface area contributed by atoms with Gasteiger partial charge in [0.15, 0.2) is 0 Å². The van der Waals surface area contributed by atoms with Gasteiger partial charge >= 0.3 is 12.0 Å². The van der Waals surface area contributed by atoms with Crippen molar-refractivity contribution in [1.29, 1.82) is 0 Å². The molecule has 0 aromatic rings. The van der Waals surface area contributed by atoms with Crippen molar-refractivity contribution in [2.45, 2.75) is 46.1 Å². The average Bonchev–Trinajstić information content (AvgIpc) is 2.34. The predicted octanol–water partition coefficient (Wildman–Crippen LogP) is 1.29. The number of urea groups is 1. The summed E-state index contributed by atoms with van der Waals surface area (Å²) in [5.74, 6) is -1.19. The number of aliphatic hydroxyl groups excluding tert-OH is 1. The molecule has 0 spiro atoms. The molecule has 19 heavy (non-hydrogen) atoms. The first-order chi connectivity index (χ1) is 8.90. The van der Waals surface area contributed by atoms with Crippen LogP contribution in [-0.2, 0) is 4.79 Å². The van der Waals surface area contributed by atoms with E-state index in [-0.39, 0.29) is 24.6 Å². The molecule has 1 unspecified atom stereocenters. The Bertz CT molecular complexity index is 282. The fourth-order valence-electron chi connectivity index (χ4n) is 1.66. The summed E-state index contributed by atoms with van der Waals surface area (Å²) in [4.78, 5) is 24.2. The number of carbonyl (C=O) groups excluding carboxylic acids is 1. The Kier molecular flexibility index (Phi) is 8.95. The highest BCUT2D eigenvalue weighted by Crippen LogP contribution is 2.05. The smallest absolute Gasteiger partial charge is 0.317 e. The van der Waals surface area contributed by atoms with E-state index in [1.807, 2.05) is 13.8 Å². The summed E-state index contributed by atoms with van der Waals surface area (Å²) in [6, 6.07) is -0.0871. The fourth-order valence-corrected chi connectivity index (χ4v) is 1.66. The van der Waals surface area contributed by atoms with Crippen molar-refractivity contribution in [2.75, 3.05) is 19.7 Å². The first-order valence-electron chi connectivity index (χ1n) is 6.78. The minimum Gasteiger partial charge on any atom is -0.481 e. The Morgan fingerprint density at radius 1 is 1.21 bits per heavy atom. The number of hydrogen-bond donors (Lipinski definition) is 3. The second kappa shape index (κ2) is 9.61. The quantitative estimate of drug-likeness (QED) is 0.553. The number of rotatable bonds is 9. The van der Waals surface area contributed by atoms with Crippen LogP contribution in [0.25, 0.3) is 0 Å². The third-order valence-corrected chi connectivity index (χ3v) is 2.95. The second-order valence-electron chi connectivity index (χ2n) is 4.98. The molecule has 0 radical (unpaired) electrons. The fraction of sp³-hybridized carbons (Fsp3) is 0.846. The number of aliphatic hydroxyl groups is 1. The zero-order chi connectivity index (χ0) is 14.8. The molecule has 0 rings (SSSR count). The lowest BCUT2D eigenvalue weighted by Crippen LogP contribution is -2.45. The molecule has 0 aromatic carbocycles. The standard InChI is InChI=1S/C13H26N2O4/c1-10(2)15(8-5-9-16)13(19)14-7-4-6-11(3)12(17)18/h10-11,16H,4-9H2,1-3H3,(H,14,19)(H,17,18). The van der Waals surface area contributed by atoms with E-state index < -0.39 is 5.97 Å². The van der Waals surface area contributed by atoms with Crippen molar-refractivity contribution in [3.63, 3.8) is 0 Å². The first-order valence-corrected chi connectivity index (χ1v) is 6.78. The molecule has 6 heteroatoms. The van der Waals surface area contributed by atoms with Crippen LogP contribution >= 0.6 is 0 Å². The van der Waals surface area contributed by atoms with Gasteiger partial charge < -0.3 is 20.4 Å². The molecule has 0 aliphatic carbocycles. The molecule has 2 amide bonds. The van der Waals surface area contributed by atoms with Gasteiger partial charge in [0.1, 0.15) is 0 Å². The zero-order valence-electron chi connectivity index (χ0n) is 12.1. The molecule has 0 aromatic heterocycles. The maximum Gasteiger partial charge on any atom is 0.317 e. The van der Waals surface area contributed by atoms with Crippen LogP contribution in [0.5, 0.6) is 0 Å². The molecular formula is C13H26N2O4. The van der Waals surface area contributed by atoms with Crippen molar-refractivity contribution in [3.05, 3.63) is 0 Å². The molecule has 6 nitrogen and oxygen atoms in total. The molecule has 0 heterocycles. The molecule has 0 aliphatic heterocycles. The molecule has 112 valence electrons. The number of carboxylic acids is 1. The molecule has 3 N–H and O–H groups in total. The van der Waals surface area contributed by atoms with Gasteiger partial charge in [-0.15, -0.1) is 0 Å². The highest BCUT2D eigenvalue weighted by Gasteiger charge is 2.16. The molecular weight excluding hydrogens is 248 g/mol. The van der Waals surface area contributed by atoms with Crippen LogP contribution in [0.1, 0.15) is 40.0 Å². The van der Waals surface area contributed by atoms with Gasteiger partial charge in [0.25, 0.3) is 0 Å². The largest absolute Gasteiger partial charge is 0.481 e. The summed E-state index contributed by atoms with van der Waals surface area (Å²) in [6.45, 7) is 6.55. The van der Waals surface area contributed by atoms with E-state index >= 15 is 0 Å². The van der Waals surface area contributed by atoms with E-state index in [2.05, 4.69) is 5.32 Å². The molecule has 0 saturated carbocycles. The number of nitrogens with one attached hydrogen (secondary N) is 1. The average molecular weight is 274 g/mol. The minimum atomic E-state index is -0.807. The van der Waals surface area contributed by atoms with Crippen molar-refractivity contribution >= 4 is 12.0 Å². The Labute approximate surface area is 114 Å². The van der Waals surface area contributed by atoms with Gasteiger partial charge in [-0.05, 0) is 33.1 Å². The monoisotopic (exact) mass is 274 g/mol. The van der Waals surface area contributed by atoms with Gasteiger partial charge in [0, 0.05) is 25.7 Å². The normalized spacial score (nSPS) is 12.3. The van der Waals surface area contributed by atoms with Crippen molar-refractivity contribution in [1.82, 2.24) is 10.2 Å². The summed E-state index contributed by atoms with van der Waals surface area (Å²) in [5.41, 5.74) is 0. The van der Waals surface area contributed by atoms with Gasteiger partial charge in [-0.1, -0.05) is 6.92 Å². The number of carboxylic acid groups (broad SMARTS) is 1. The van der Waals surface area contributed by atoms with Gasteiger partial charge in [-0.2, -0.15) is 0 Å². The minimum absolute atomic E-state index is 0.0621. The maximum absolute atomic E-state index is 11.9. The third kappa shape index (κ3) is 7.66. The van der Waals surface area contributed by atoms with Gasteiger partial charge in [0.05, 0.1) is 5.92 Å². The third-order valence-electron chi connectivity index (χ3n) is 2.95. The summed E-state index contributed by atoms with van der Waals surface area (Å²) >= 11 is 0. The highest BCUT2D eigenvalue weighted by molar-refractivity contribution is 5.74. The first kappa shape index (κ1) is 17.7. The Morgan fingerprint density at radius 2 is 1.84 bits per heavy atom. The predicted molar refractivity (Wildman–Crippen MR) is 73.0 cm³/mol. The van der Waals surface area contributed by atoms with Crippen molar-refractivity contribution in [2.24, 2.45) is 5.92 Å². The van der Waals surface area contributed by atoms with E-state index in [0.717, 1.165) is 0 Å². The number of hydrogen-bond acceptors (Lipinski definition) is 3. The maximum atomic E-state index is 11.9. The van der Waals surface area contributed by atoms with E-state index in [1.165, 1.54) is 0 Å². The highest BCUT2D eigenvalue weighted by atomic mass is 16.4. The van der Waals surface area contributed by atoms with Crippen LogP contribution in [0, 0.1) is 5.92 Å². The summed E-state index contributed by atoms with van der Waals surface area (Å²) in [7, 11) is 0. The number of aliphatic carboxylic acids is 1. The molecule has 0 bridgehead atoms. The lowest BCUT2D eigenvalue weighted by atomic mass is 10.1. The Balaban J connectivity index is 3.96. The lowest BCUT2D eigenvalue weighted by molar-refractivity contribution is -0.141. The lowest BCUT2D eigenvalue weighted by Gasteiger charge is -2.26. The van der Waals surface area contributed by atoms with Gasteiger partial charge in [0.2, 0.25) is 0 Å². The number of amides is 2. The second-order valence-corrected chi connectivity index (χ2v) is 4.98. The zero-order valence-corrected chi connectivity index (χ0v) is 12.1.